The summed E-state index contributed by atoms with van der Waals surface area (Å²) in [7, 11) is 0. The van der Waals surface area contributed by atoms with Crippen LogP contribution in [-0.2, 0) is 4.79 Å². The summed E-state index contributed by atoms with van der Waals surface area (Å²) in [5.41, 5.74) is 0. The Kier molecular flexibility index (Phi) is 5.52. The van der Waals surface area contributed by atoms with Gasteiger partial charge in [-0.25, -0.2) is 0 Å². The van der Waals surface area contributed by atoms with Crippen LogP contribution in [0.2, 0.25) is 0 Å². The molecule has 0 aliphatic heterocycles. The zero-order valence-corrected chi connectivity index (χ0v) is 9.55. The maximum atomic E-state index is 11.4. The average Bonchev–Trinajstić information content (AvgIpc) is 2.79. The van der Waals surface area contributed by atoms with Crippen LogP contribution in [-0.4, -0.2) is 36.6 Å². The zero-order valence-electron chi connectivity index (χ0n) is 8.73. The van der Waals surface area contributed by atoms with Gasteiger partial charge in [-0.2, -0.15) is 0 Å². The van der Waals surface area contributed by atoms with Crippen molar-refractivity contribution in [2.24, 2.45) is 0 Å². The highest BCUT2D eigenvalue weighted by molar-refractivity contribution is 7.12. The van der Waals surface area contributed by atoms with Gasteiger partial charge in [0.15, 0.2) is 0 Å². The number of thiophene rings is 1. The molecule has 0 aliphatic carbocycles. The third kappa shape index (κ3) is 4.41. The molecule has 88 valence electrons. The molecule has 0 saturated heterocycles. The summed E-state index contributed by atoms with van der Waals surface area (Å²) < 4.78 is 0. The predicted octanol–water partition coefficient (Wildman–Crippen LogP) is -0.0235. The van der Waals surface area contributed by atoms with Crippen molar-refractivity contribution in [3.05, 3.63) is 22.4 Å². The normalized spacial score (nSPS) is 9.81. The lowest BCUT2D eigenvalue weighted by Gasteiger charge is -2.04. The first-order valence-corrected chi connectivity index (χ1v) is 5.81. The Balaban J connectivity index is 2.16. The van der Waals surface area contributed by atoms with Crippen LogP contribution >= 0.6 is 11.3 Å². The van der Waals surface area contributed by atoms with Gasteiger partial charge in [0, 0.05) is 19.5 Å². The number of aliphatic hydroxyl groups is 1. The number of rotatable bonds is 6. The fourth-order valence-electron chi connectivity index (χ4n) is 1.07. The third-order valence-electron chi connectivity index (χ3n) is 1.82. The molecule has 1 rings (SSSR count). The van der Waals surface area contributed by atoms with Crippen molar-refractivity contribution in [1.82, 2.24) is 10.6 Å². The predicted molar refractivity (Wildman–Crippen MR) is 61.4 cm³/mol. The molecule has 1 heterocycles. The van der Waals surface area contributed by atoms with Crippen LogP contribution in [0.1, 0.15) is 16.1 Å². The minimum absolute atomic E-state index is 0.0761. The molecule has 0 atom stereocenters. The van der Waals surface area contributed by atoms with E-state index in [0.29, 0.717) is 11.4 Å². The average molecular weight is 242 g/mol. The number of hydrogen-bond donors (Lipinski definition) is 3. The molecule has 1 aromatic rings. The van der Waals surface area contributed by atoms with Crippen molar-refractivity contribution < 1.29 is 14.7 Å². The molecule has 3 N–H and O–H groups in total. The highest BCUT2D eigenvalue weighted by atomic mass is 32.1. The summed E-state index contributed by atoms with van der Waals surface area (Å²) in [5.74, 6) is -0.342. The van der Waals surface area contributed by atoms with Gasteiger partial charge < -0.3 is 15.7 Å². The number of carbonyl (C=O) groups is 2. The SMILES string of the molecule is O=C(CCNC(=O)c1cccs1)NCCO. The maximum absolute atomic E-state index is 11.4. The van der Waals surface area contributed by atoms with Crippen molar-refractivity contribution in [2.75, 3.05) is 19.7 Å². The second-order valence-corrected chi connectivity index (χ2v) is 4.00. The van der Waals surface area contributed by atoms with Crippen molar-refractivity contribution in [3.8, 4) is 0 Å². The number of carbonyl (C=O) groups excluding carboxylic acids is 2. The Morgan fingerprint density at radius 2 is 2.12 bits per heavy atom. The topological polar surface area (TPSA) is 78.4 Å². The smallest absolute Gasteiger partial charge is 0.261 e. The van der Waals surface area contributed by atoms with Gasteiger partial charge in [0.1, 0.15) is 0 Å². The first-order valence-electron chi connectivity index (χ1n) is 4.93. The van der Waals surface area contributed by atoms with E-state index in [4.69, 9.17) is 5.11 Å². The van der Waals surface area contributed by atoms with Crippen LogP contribution in [0.4, 0.5) is 0 Å². The molecular weight excluding hydrogens is 228 g/mol. The fourth-order valence-corrected chi connectivity index (χ4v) is 1.71. The fraction of sp³-hybridized carbons (Fsp3) is 0.400. The monoisotopic (exact) mass is 242 g/mol. The Bertz CT molecular complexity index is 338. The van der Waals surface area contributed by atoms with E-state index < -0.39 is 0 Å². The van der Waals surface area contributed by atoms with Gasteiger partial charge in [0.2, 0.25) is 5.91 Å². The summed E-state index contributed by atoms with van der Waals surface area (Å²) in [4.78, 5) is 23.2. The summed E-state index contributed by atoms with van der Waals surface area (Å²) >= 11 is 1.36. The van der Waals surface area contributed by atoms with Crippen LogP contribution in [0.5, 0.6) is 0 Å². The summed E-state index contributed by atoms with van der Waals surface area (Å²) in [6.45, 7) is 0.471. The highest BCUT2D eigenvalue weighted by Gasteiger charge is 2.06. The van der Waals surface area contributed by atoms with Gasteiger partial charge in [0.25, 0.3) is 5.91 Å². The van der Waals surface area contributed by atoms with Crippen molar-refractivity contribution in [2.45, 2.75) is 6.42 Å². The minimum atomic E-state index is -0.180. The minimum Gasteiger partial charge on any atom is -0.395 e. The molecule has 0 fully saturated rings. The van der Waals surface area contributed by atoms with Gasteiger partial charge in [-0.15, -0.1) is 11.3 Å². The molecule has 5 nitrogen and oxygen atoms in total. The second kappa shape index (κ2) is 6.97. The van der Waals surface area contributed by atoms with E-state index in [2.05, 4.69) is 10.6 Å². The van der Waals surface area contributed by atoms with E-state index in [1.165, 1.54) is 11.3 Å². The number of hydrogen-bond acceptors (Lipinski definition) is 4. The van der Waals surface area contributed by atoms with Gasteiger partial charge in [0.05, 0.1) is 11.5 Å². The molecule has 0 aromatic carbocycles. The zero-order chi connectivity index (χ0) is 11.8. The molecule has 0 aliphatic rings. The first kappa shape index (κ1) is 12.7. The molecule has 0 saturated carbocycles. The largest absolute Gasteiger partial charge is 0.395 e. The molecular formula is C10H14N2O3S. The molecule has 0 radical (unpaired) electrons. The lowest BCUT2D eigenvalue weighted by atomic mass is 10.3. The molecule has 16 heavy (non-hydrogen) atoms. The molecule has 0 unspecified atom stereocenters. The van der Waals surface area contributed by atoms with E-state index in [9.17, 15) is 9.59 Å². The Morgan fingerprint density at radius 3 is 2.75 bits per heavy atom. The van der Waals surface area contributed by atoms with Crippen molar-refractivity contribution >= 4 is 23.2 Å². The first-order chi connectivity index (χ1) is 7.74. The van der Waals surface area contributed by atoms with Crippen molar-refractivity contribution in [1.29, 1.82) is 0 Å². The molecule has 2 amide bonds. The standard InChI is InChI=1S/C10H14N2O3S/c13-6-5-11-9(14)3-4-12-10(15)8-2-1-7-16-8/h1-2,7,13H,3-6H2,(H,11,14)(H,12,15). The summed E-state index contributed by atoms with van der Waals surface area (Å²) in [5, 5.41) is 15.4. The second-order valence-electron chi connectivity index (χ2n) is 3.06. The van der Waals surface area contributed by atoms with E-state index in [1.807, 2.05) is 5.38 Å². The van der Waals surface area contributed by atoms with E-state index in [0.717, 1.165) is 0 Å². The quantitative estimate of drug-likeness (QED) is 0.656. The molecule has 0 bridgehead atoms. The Labute approximate surface area is 97.5 Å². The summed E-state index contributed by atoms with van der Waals surface area (Å²) in [6, 6.07) is 3.53. The number of aliphatic hydroxyl groups excluding tert-OH is 1. The van der Waals surface area contributed by atoms with Gasteiger partial charge >= 0.3 is 0 Å². The Hall–Kier alpha value is -1.40. The van der Waals surface area contributed by atoms with Crippen LogP contribution in [0.3, 0.4) is 0 Å². The number of amides is 2. The van der Waals surface area contributed by atoms with Gasteiger partial charge in [-0.05, 0) is 11.4 Å². The van der Waals surface area contributed by atoms with E-state index >= 15 is 0 Å². The maximum Gasteiger partial charge on any atom is 0.261 e. The number of nitrogens with one attached hydrogen (secondary N) is 2. The molecule has 0 spiro atoms. The lowest BCUT2D eigenvalue weighted by Crippen LogP contribution is -2.31. The Morgan fingerprint density at radius 1 is 1.31 bits per heavy atom. The van der Waals surface area contributed by atoms with Gasteiger partial charge in [-0.1, -0.05) is 6.07 Å². The van der Waals surface area contributed by atoms with E-state index in [-0.39, 0.29) is 31.4 Å². The molecule has 6 heteroatoms. The summed E-state index contributed by atoms with van der Waals surface area (Å²) in [6.07, 6.45) is 0.219. The van der Waals surface area contributed by atoms with E-state index in [1.54, 1.807) is 12.1 Å². The van der Waals surface area contributed by atoms with Crippen LogP contribution in [0, 0.1) is 0 Å². The van der Waals surface area contributed by atoms with Crippen LogP contribution in [0.15, 0.2) is 17.5 Å². The van der Waals surface area contributed by atoms with Crippen molar-refractivity contribution in [3.63, 3.8) is 0 Å². The molecule has 1 aromatic heterocycles. The highest BCUT2D eigenvalue weighted by Crippen LogP contribution is 2.07. The third-order valence-corrected chi connectivity index (χ3v) is 2.69. The lowest BCUT2D eigenvalue weighted by molar-refractivity contribution is -0.121. The van der Waals surface area contributed by atoms with Crippen LogP contribution < -0.4 is 10.6 Å². The van der Waals surface area contributed by atoms with Gasteiger partial charge in [-0.3, -0.25) is 9.59 Å². The van der Waals surface area contributed by atoms with Crippen LogP contribution in [0.25, 0.3) is 0 Å².